The molecular weight excluding hydrogens is 184 g/mol. The number of hydrogen-bond acceptors (Lipinski definition) is 1. The molecule has 0 N–H and O–H groups in total. The van der Waals surface area contributed by atoms with E-state index < -0.39 is 0 Å². The summed E-state index contributed by atoms with van der Waals surface area (Å²) in [5.41, 5.74) is 3.88. The fraction of sp³-hybridized carbons (Fsp3) is 0.357. The first-order chi connectivity index (χ1) is 7.31. The van der Waals surface area contributed by atoms with Crippen LogP contribution in [0.25, 0.3) is 5.57 Å². The Balaban J connectivity index is 2.34. The van der Waals surface area contributed by atoms with Crippen LogP contribution >= 0.6 is 0 Å². The van der Waals surface area contributed by atoms with Gasteiger partial charge < -0.3 is 0 Å². The standard InChI is InChI=1S/C14H16O/c1-2-5-11-6-3-4-7-14(11)12-8-9-13(15)10-12/h3-4,6-7,10H,2,5,8-9H2,1H3. The number of aryl methyl sites for hydroxylation is 1. The van der Waals surface area contributed by atoms with Crippen molar-refractivity contribution in [1.29, 1.82) is 0 Å². The maximum Gasteiger partial charge on any atom is 0.156 e. The fourth-order valence-corrected chi connectivity index (χ4v) is 2.13. The zero-order valence-electron chi connectivity index (χ0n) is 9.12. The van der Waals surface area contributed by atoms with Crippen LogP contribution in [0, 0.1) is 0 Å². The van der Waals surface area contributed by atoms with Crippen molar-refractivity contribution in [3.8, 4) is 0 Å². The van der Waals surface area contributed by atoms with Gasteiger partial charge in [0.15, 0.2) is 5.78 Å². The second-order valence-corrected chi connectivity index (χ2v) is 4.04. The normalized spacial score (nSPS) is 15.5. The van der Waals surface area contributed by atoms with E-state index in [9.17, 15) is 4.79 Å². The fourth-order valence-electron chi connectivity index (χ4n) is 2.13. The molecule has 0 saturated heterocycles. The van der Waals surface area contributed by atoms with E-state index in [2.05, 4.69) is 31.2 Å². The molecule has 78 valence electrons. The van der Waals surface area contributed by atoms with Crippen LogP contribution in [0.5, 0.6) is 0 Å². The molecule has 0 fully saturated rings. The summed E-state index contributed by atoms with van der Waals surface area (Å²) in [5.74, 6) is 0.274. The smallest absolute Gasteiger partial charge is 0.156 e. The lowest BCUT2D eigenvalue weighted by atomic mass is 9.96. The molecule has 1 heteroatoms. The van der Waals surface area contributed by atoms with Crippen LogP contribution in [0.3, 0.4) is 0 Å². The van der Waals surface area contributed by atoms with E-state index in [1.54, 1.807) is 0 Å². The Morgan fingerprint density at radius 2 is 2.00 bits per heavy atom. The van der Waals surface area contributed by atoms with Crippen molar-refractivity contribution >= 4 is 11.4 Å². The third-order valence-electron chi connectivity index (χ3n) is 2.86. The molecule has 0 amide bonds. The molecule has 0 saturated carbocycles. The molecule has 0 heterocycles. The van der Waals surface area contributed by atoms with E-state index in [1.807, 2.05) is 6.08 Å². The summed E-state index contributed by atoms with van der Waals surface area (Å²) in [5, 5.41) is 0. The van der Waals surface area contributed by atoms with Crippen molar-refractivity contribution in [1.82, 2.24) is 0 Å². The summed E-state index contributed by atoms with van der Waals surface area (Å²) >= 11 is 0. The monoisotopic (exact) mass is 200 g/mol. The number of benzene rings is 1. The van der Waals surface area contributed by atoms with Crippen molar-refractivity contribution < 1.29 is 4.79 Å². The molecule has 0 aliphatic heterocycles. The average Bonchev–Trinajstić information content (AvgIpc) is 2.66. The van der Waals surface area contributed by atoms with Gasteiger partial charge in [0, 0.05) is 6.42 Å². The van der Waals surface area contributed by atoms with E-state index in [0.29, 0.717) is 6.42 Å². The Kier molecular flexibility index (Phi) is 3.00. The summed E-state index contributed by atoms with van der Waals surface area (Å²) in [6, 6.07) is 8.43. The molecule has 1 aliphatic rings. The van der Waals surface area contributed by atoms with Crippen molar-refractivity contribution in [3.05, 3.63) is 41.5 Å². The van der Waals surface area contributed by atoms with Crippen LogP contribution in [0.4, 0.5) is 0 Å². The van der Waals surface area contributed by atoms with Gasteiger partial charge in [-0.1, -0.05) is 37.6 Å². The van der Waals surface area contributed by atoms with Gasteiger partial charge in [0.25, 0.3) is 0 Å². The largest absolute Gasteiger partial charge is 0.295 e. The van der Waals surface area contributed by atoms with Gasteiger partial charge in [-0.15, -0.1) is 0 Å². The Labute approximate surface area is 90.8 Å². The SMILES string of the molecule is CCCc1ccccc1C1=CC(=O)CC1. The summed E-state index contributed by atoms with van der Waals surface area (Å²) in [7, 11) is 0. The Bertz CT molecular complexity index is 402. The Hall–Kier alpha value is -1.37. The number of hydrogen-bond donors (Lipinski definition) is 0. The molecule has 0 atom stereocenters. The number of ketones is 1. The second kappa shape index (κ2) is 4.43. The van der Waals surface area contributed by atoms with Gasteiger partial charge in [-0.05, 0) is 35.6 Å². The van der Waals surface area contributed by atoms with Crippen molar-refractivity contribution in [2.75, 3.05) is 0 Å². The lowest BCUT2D eigenvalue weighted by Crippen LogP contribution is -1.91. The third-order valence-corrected chi connectivity index (χ3v) is 2.86. The Morgan fingerprint density at radius 1 is 1.20 bits per heavy atom. The predicted octanol–water partition coefficient (Wildman–Crippen LogP) is 3.39. The minimum Gasteiger partial charge on any atom is -0.295 e. The molecule has 1 aliphatic carbocycles. The van der Waals surface area contributed by atoms with Gasteiger partial charge in [0.05, 0.1) is 0 Å². The quantitative estimate of drug-likeness (QED) is 0.731. The maximum absolute atomic E-state index is 11.2. The molecule has 0 unspecified atom stereocenters. The lowest BCUT2D eigenvalue weighted by molar-refractivity contribution is -0.114. The predicted molar refractivity (Wildman–Crippen MR) is 62.7 cm³/mol. The molecule has 0 aromatic heterocycles. The molecule has 1 aromatic carbocycles. The van der Waals surface area contributed by atoms with Crippen LogP contribution in [-0.2, 0) is 11.2 Å². The zero-order valence-corrected chi connectivity index (χ0v) is 9.12. The third kappa shape index (κ3) is 2.17. The highest BCUT2D eigenvalue weighted by molar-refractivity contribution is 6.01. The molecule has 15 heavy (non-hydrogen) atoms. The van der Waals surface area contributed by atoms with Crippen molar-refractivity contribution in [3.63, 3.8) is 0 Å². The number of carbonyl (C=O) groups excluding carboxylic acids is 1. The molecule has 1 aromatic rings. The number of allylic oxidation sites excluding steroid dienone is 2. The van der Waals surface area contributed by atoms with E-state index >= 15 is 0 Å². The van der Waals surface area contributed by atoms with E-state index in [1.165, 1.54) is 16.7 Å². The summed E-state index contributed by atoms with van der Waals surface area (Å²) in [6.45, 7) is 2.19. The minimum atomic E-state index is 0.274. The van der Waals surface area contributed by atoms with Gasteiger partial charge in [-0.25, -0.2) is 0 Å². The van der Waals surface area contributed by atoms with Gasteiger partial charge >= 0.3 is 0 Å². The zero-order chi connectivity index (χ0) is 10.7. The Morgan fingerprint density at radius 3 is 2.67 bits per heavy atom. The number of carbonyl (C=O) groups is 1. The summed E-state index contributed by atoms with van der Waals surface area (Å²) < 4.78 is 0. The number of rotatable bonds is 3. The van der Waals surface area contributed by atoms with Crippen LogP contribution in [-0.4, -0.2) is 5.78 Å². The highest BCUT2D eigenvalue weighted by Crippen LogP contribution is 2.28. The van der Waals surface area contributed by atoms with Crippen LogP contribution in [0.15, 0.2) is 30.3 Å². The topological polar surface area (TPSA) is 17.1 Å². The molecule has 1 nitrogen and oxygen atoms in total. The first-order valence-corrected chi connectivity index (χ1v) is 5.63. The second-order valence-electron chi connectivity index (χ2n) is 4.04. The van der Waals surface area contributed by atoms with E-state index in [4.69, 9.17) is 0 Å². The van der Waals surface area contributed by atoms with E-state index in [0.717, 1.165) is 19.3 Å². The van der Waals surface area contributed by atoms with Crippen molar-refractivity contribution in [2.45, 2.75) is 32.6 Å². The molecule has 0 spiro atoms. The average molecular weight is 200 g/mol. The molecule has 0 radical (unpaired) electrons. The highest BCUT2D eigenvalue weighted by atomic mass is 16.1. The van der Waals surface area contributed by atoms with Gasteiger partial charge in [0.1, 0.15) is 0 Å². The summed E-state index contributed by atoms with van der Waals surface area (Å²) in [6.07, 6.45) is 5.67. The van der Waals surface area contributed by atoms with Crippen LogP contribution < -0.4 is 0 Å². The van der Waals surface area contributed by atoms with Gasteiger partial charge in [-0.3, -0.25) is 4.79 Å². The molecular formula is C14H16O. The minimum absolute atomic E-state index is 0.274. The maximum atomic E-state index is 11.2. The first-order valence-electron chi connectivity index (χ1n) is 5.63. The van der Waals surface area contributed by atoms with Gasteiger partial charge in [-0.2, -0.15) is 0 Å². The van der Waals surface area contributed by atoms with Crippen LogP contribution in [0.1, 0.15) is 37.3 Å². The highest BCUT2D eigenvalue weighted by Gasteiger charge is 2.15. The lowest BCUT2D eigenvalue weighted by Gasteiger charge is -2.08. The first kappa shape index (κ1) is 10.2. The molecule has 0 bridgehead atoms. The van der Waals surface area contributed by atoms with Crippen molar-refractivity contribution in [2.24, 2.45) is 0 Å². The van der Waals surface area contributed by atoms with E-state index in [-0.39, 0.29) is 5.78 Å². The van der Waals surface area contributed by atoms with Crippen LogP contribution in [0.2, 0.25) is 0 Å². The molecule has 2 rings (SSSR count). The summed E-state index contributed by atoms with van der Waals surface area (Å²) in [4.78, 5) is 11.2. The van der Waals surface area contributed by atoms with Gasteiger partial charge in [0.2, 0.25) is 0 Å².